The van der Waals surface area contributed by atoms with Crippen LogP contribution in [0.3, 0.4) is 0 Å². The molecule has 3 aromatic rings. The molecule has 1 N–H and O–H groups in total. The number of benzene rings is 2. The van der Waals surface area contributed by atoms with Gasteiger partial charge in [0.2, 0.25) is 0 Å². The Morgan fingerprint density at radius 1 is 1.00 bits per heavy atom. The number of aromatic nitrogens is 1. The second kappa shape index (κ2) is 4.34. The minimum atomic E-state index is -0.337. The highest BCUT2D eigenvalue weighted by Gasteiger charge is 2.07. The van der Waals surface area contributed by atoms with Crippen molar-refractivity contribution in [1.82, 2.24) is 4.98 Å². The largest absolute Gasteiger partial charge is 0.332 e. The van der Waals surface area contributed by atoms with Crippen molar-refractivity contribution in [3.63, 3.8) is 0 Å². The smallest absolute Gasteiger partial charge is 0.188 e. The third-order valence-electron chi connectivity index (χ3n) is 2.47. The Kier molecular flexibility index (Phi) is 2.68. The van der Waals surface area contributed by atoms with Crippen molar-refractivity contribution in [3.8, 4) is 0 Å². The molecule has 0 aliphatic heterocycles. The van der Waals surface area contributed by atoms with Gasteiger partial charge in [0, 0.05) is 5.69 Å². The van der Waals surface area contributed by atoms with Crippen molar-refractivity contribution in [3.05, 3.63) is 54.1 Å². The maximum atomic E-state index is 13.5. The summed E-state index contributed by atoms with van der Waals surface area (Å²) in [5, 5.41) is 3.61. The van der Waals surface area contributed by atoms with Gasteiger partial charge in [-0.1, -0.05) is 17.4 Å². The van der Waals surface area contributed by atoms with Crippen molar-refractivity contribution in [2.24, 2.45) is 0 Å². The molecule has 0 spiro atoms. The molecular formula is C13H8F2N2S. The second-order valence-electron chi connectivity index (χ2n) is 3.74. The number of para-hydroxylation sites is 1. The SMILES string of the molecule is Fc1ccc(Nc2nc3c(F)cccc3s2)cc1. The summed E-state index contributed by atoms with van der Waals surface area (Å²) in [5.41, 5.74) is 1.07. The van der Waals surface area contributed by atoms with E-state index in [2.05, 4.69) is 10.3 Å². The van der Waals surface area contributed by atoms with Gasteiger partial charge in [0.25, 0.3) is 0 Å². The van der Waals surface area contributed by atoms with Gasteiger partial charge in [-0.25, -0.2) is 13.8 Å². The molecule has 2 nitrogen and oxygen atoms in total. The van der Waals surface area contributed by atoms with Crippen LogP contribution in [-0.2, 0) is 0 Å². The molecule has 0 fully saturated rings. The van der Waals surface area contributed by atoms with Gasteiger partial charge in [0.1, 0.15) is 17.2 Å². The van der Waals surface area contributed by atoms with E-state index in [-0.39, 0.29) is 11.6 Å². The predicted octanol–water partition coefficient (Wildman–Crippen LogP) is 4.32. The van der Waals surface area contributed by atoms with E-state index in [1.54, 1.807) is 18.2 Å². The highest BCUT2D eigenvalue weighted by molar-refractivity contribution is 7.22. The zero-order valence-electron chi connectivity index (χ0n) is 9.15. The molecule has 0 radical (unpaired) electrons. The topological polar surface area (TPSA) is 24.9 Å². The van der Waals surface area contributed by atoms with E-state index in [0.29, 0.717) is 10.6 Å². The van der Waals surface area contributed by atoms with Gasteiger partial charge < -0.3 is 5.32 Å². The Morgan fingerprint density at radius 3 is 2.50 bits per heavy atom. The molecule has 0 aliphatic rings. The van der Waals surface area contributed by atoms with E-state index in [9.17, 15) is 8.78 Å². The molecular weight excluding hydrogens is 254 g/mol. The van der Waals surface area contributed by atoms with Crippen LogP contribution in [0.2, 0.25) is 0 Å². The molecule has 1 aromatic heterocycles. The normalized spacial score (nSPS) is 10.8. The molecule has 90 valence electrons. The molecule has 5 heteroatoms. The molecule has 1 heterocycles. The fraction of sp³-hybridized carbons (Fsp3) is 0. The highest BCUT2D eigenvalue weighted by Crippen LogP contribution is 2.29. The summed E-state index contributed by atoms with van der Waals surface area (Å²) < 4.78 is 27.0. The van der Waals surface area contributed by atoms with E-state index < -0.39 is 0 Å². The van der Waals surface area contributed by atoms with Gasteiger partial charge in [-0.15, -0.1) is 0 Å². The van der Waals surface area contributed by atoms with Crippen LogP contribution in [-0.4, -0.2) is 4.98 Å². The van der Waals surface area contributed by atoms with Crippen LogP contribution < -0.4 is 5.32 Å². The van der Waals surface area contributed by atoms with E-state index in [4.69, 9.17) is 0 Å². The quantitative estimate of drug-likeness (QED) is 0.744. The van der Waals surface area contributed by atoms with E-state index in [1.807, 2.05) is 6.07 Å². The summed E-state index contributed by atoms with van der Waals surface area (Å²) in [6, 6.07) is 10.8. The van der Waals surface area contributed by atoms with Crippen LogP contribution in [0.5, 0.6) is 0 Å². The molecule has 18 heavy (non-hydrogen) atoms. The van der Waals surface area contributed by atoms with Crippen LogP contribution in [0, 0.1) is 11.6 Å². The maximum absolute atomic E-state index is 13.5. The van der Waals surface area contributed by atoms with Gasteiger partial charge in [-0.2, -0.15) is 0 Å². The van der Waals surface area contributed by atoms with E-state index >= 15 is 0 Å². The van der Waals surface area contributed by atoms with Crippen LogP contribution in [0.1, 0.15) is 0 Å². The maximum Gasteiger partial charge on any atom is 0.188 e. The Balaban J connectivity index is 1.95. The van der Waals surface area contributed by atoms with Gasteiger partial charge in [0.15, 0.2) is 5.13 Å². The minimum absolute atomic E-state index is 0.295. The molecule has 0 saturated heterocycles. The average molecular weight is 262 g/mol. The van der Waals surface area contributed by atoms with Crippen molar-refractivity contribution in [2.45, 2.75) is 0 Å². The first kappa shape index (κ1) is 11.1. The predicted molar refractivity (Wildman–Crippen MR) is 69.3 cm³/mol. The Labute approximate surface area is 106 Å². The van der Waals surface area contributed by atoms with Crippen LogP contribution in [0.15, 0.2) is 42.5 Å². The lowest BCUT2D eigenvalue weighted by molar-refractivity contribution is 0.628. The number of hydrogen-bond donors (Lipinski definition) is 1. The van der Waals surface area contributed by atoms with Crippen LogP contribution >= 0.6 is 11.3 Å². The second-order valence-corrected chi connectivity index (χ2v) is 4.77. The molecule has 0 bridgehead atoms. The van der Waals surface area contributed by atoms with Gasteiger partial charge in [-0.3, -0.25) is 0 Å². The van der Waals surface area contributed by atoms with Crippen molar-refractivity contribution >= 4 is 32.4 Å². The number of nitrogens with one attached hydrogen (secondary N) is 1. The van der Waals surface area contributed by atoms with E-state index in [0.717, 1.165) is 10.4 Å². The van der Waals surface area contributed by atoms with Crippen molar-refractivity contribution in [2.75, 3.05) is 5.32 Å². The molecule has 0 atom stereocenters. The fourth-order valence-corrected chi connectivity index (χ4v) is 2.53. The summed E-state index contributed by atoms with van der Waals surface area (Å²) in [4.78, 5) is 4.17. The molecule has 0 unspecified atom stereocenters. The third kappa shape index (κ3) is 2.04. The summed E-state index contributed by atoms with van der Waals surface area (Å²) in [5.74, 6) is -0.633. The lowest BCUT2D eigenvalue weighted by atomic mass is 10.3. The molecule has 0 amide bonds. The first-order chi connectivity index (χ1) is 8.72. The Morgan fingerprint density at radius 2 is 1.78 bits per heavy atom. The number of rotatable bonds is 2. The molecule has 2 aromatic carbocycles. The number of thiazole rings is 1. The third-order valence-corrected chi connectivity index (χ3v) is 3.40. The van der Waals surface area contributed by atoms with Crippen molar-refractivity contribution in [1.29, 1.82) is 0 Å². The van der Waals surface area contributed by atoms with E-state index in [1.165, 1.54) is 29.5 Å². The average Bonchev–Trinajstić information content (AvgIpc) is 2.76. The fourth-order valence-electron chi connectivity index (χ4n) is 1.63. The Hall–Kier alpha value is -2.01. The Bertz CT molecular complexity index is 692. The van der Waals surface area contributed by atoms with Gasteiger partial charge in [-0.05, 0) is 36.4 Å². The van der Waals surface area contributed by atoms with Gasteiger partial charge >= 0.3 is 0 Å². The number of anilines is 2. The van der Waals surface area contributed by atoms with Crippen molar-refractivity contribution < 1.29 is 8.78 Å². The highest BCUT2D eigenvalue weighted by atomic mass is 32.1. The lowest BCUT2D eigenvalue weighted by Crippen LogP contribution is -1.89. The molecule has 0 saturated carbocycles. The first-order valence-electron chi connectivity index (χ1n) is 5.30. The zero-order chi connectivity index (χ0) is 12.5. The summed E-state index contributed by atoms with van der Waals surface area (Å²) in [6.07, 6.45) is 0. The summed E-state index contributed by atoms with van der Waals surface area (Å²) in [6.45, 7) is 0. The van der Waals surface area contributed by atoms with Crippen LogP contribution in [0.4, 0.5) is 19.6 Å². The molecule has 3 rings (SSSR count). The summed E-state index contributed by atoms with van der Waals surface area (Å²) in [7, 11) is 0. The number of fused-ring (bicyclic) bond motifs is 1. The molecule has 0 aliphatic carbocycles. The first-order valence-corrected chi connectivity index (χ1v) is 6.12. The number of hydrogen-bond acceptors (Lipinski definition) is 3. The number of halogens is 2. The summed E-state index contributed by atoms with van der Waals surface area (Å²) >= 11 is 1.35. The lowest BCUT2D eigenvalue weighted by Gasteiger charge is -2.00. The van der Waals surface area contributed by atoms with Gasteiger partial charge in [0.05, 0.1) is 4.70 Å². The number of nitrogens with zero attached hydrogens (tertiary/aromatic N) is 1. The minimum Gasteiger partial charge on any atom is -0.332 e. The zero-order valence-corrected chi connectivity index (χ0v) is 9.97. The standard InChI is InChI=1S/C13H8F2N2S/c14-8-4-6-9(7-5-8)16-13-17-12-10(15)2-1-3-11(12)18-13/h1-7H,(H,16,17). The monoisotopic (exact) mass is 262 g/mol. The van der Waals surface area contributed by atoms with Crippen LogP contribution in [0.25, 0.3) is 10.2 Å².